The highest BCUT2D eigenvalue weighted by Gasteiger charge is 2.56. The van der Waals surface area contributed by atoms with E-state index in [9.17, 15) is 54.9 Å². The second-order valence-corrected chi connectivity index (χ2v) is 11.5. The van der Waals surface area contributed by atoms with Crippen LogP contribution in [0.15, 0.2) is 71.2 Å². The zero-order valence-corrected chi connectivity index (χ0v) is 25.9. The molecule has 0 bridgehead atoms. The quantitative estimate of drug-likeness (QED) is 0.0846. The number of esters is 1. The molecule has 3 atom stereocenters. The van der Waals surface area contributed by atoms with Crippen LogP contribution in [0.1, 0.15) is 57.2 Å². The third kappa shape index (κ3) is 6.46. The van der Waals surface area contributed by atoms with Crippen LogP contribution in [0.5, 0.6) is 23.0 Å². The number of cyclic esters (lactones) is 1. The summed E-state index contributed by atoms with van der Waals surface area (Å²) < 4.78 is 5.20. The van der Waals surface area contributed by atoms with Crippen molar-refractivity contribution < 1.29 is 59.7 Å². The zero-order chi connectivity index (χ0) is 35.0. The highest BCUT2D eigenvalue weighted by molar-refractivity contribution is 6.26. The minimum atomic E-state index is -2.96. The zero-order valence-electron chi connectivity index (χ0n) is 25.9. The number of carbonyl (C=O) groups is 4. The predicted octanol–water partition coefficient (Wildman–Crippen LogP) is 3.90. The fourth-order valence-electron chi connectivity index (χ4n) is 5.36. The Balaban J connectivity index is 1.94. The normalized spacial score (nSPS) is 21.7. The van der Waals surface area contributed by atoms with Crippen molar-refractivity contribution in [3.8, 4) is 23.0 Å². The molecule has 4 rings (SSSR count). The largest absolute Gasteiger partial charge is 0.504 e. The third-order valence-electron chi connectivity index (χ3n) is 8.06. The van der Waals surface area contributed by atoms with Crippen LogP contribution in [0.2, 0.25) is 0 Å². The number of aromatic hydroxyl groups is 4. The maximum absolute atomic E-state index is 13.4. The van der Waals surface area contributed by atoms with Gasteiger partial charge in [0.25, 0.3) is 0 Å². The maximum atomic E-state index is 13.4. The first-order valence-electron chi connectivity index (χ1n) is 14.6. The Labute approximate surface area is 269 Å². The van der Waals surface area contributed by atoms with Crippen molar-refractivity contribution in [3.63, 3.8) is 0 Å². The van der Waals surface area contributed by atoms with Gasteiger partial charge in [0, 0.05) is 23.1 Å². The Morgan fingerprint density at radius 3 is 2.15 bits per heavy atom. The number of benzene rings is 2. The maximum Gasteiger partial charge on any atom is 0.348 e. The smallest absolute Gasteiger partial charge is 0.348 e. The van der Waals surface area contributed by atoms with Crippen molar-refractivity contribution in [2.75, 3.05) is 0 Å². The van der Waals surface area contributed by atoms with E-state index in [2.05, 4.69) is 0 Å². The summed E-state index contributed by atoms with van der Waals surface area (Å²) in [6.45, 7) is 6.66. The molecule has 2 aromatic carbocycles. The molecule has 0 radical (unpaired) electrons. The lowest BCUT2D eigenvalue weighted by Gasteiger charge is -2.28. The van der Waals surface area contributed by atoms with Gasteiger partial charge in [0.1, 0.15) is 5.57 Å². The first-order valence-corrected chi connectivity index (χ1v) is 14.6. The van der Waals surface area contributed by atoms with Gasteiger partial charge < -0.3 is 40.5 Å². The summed E-state index contributed by atoms with van der Waals surface area (Å²) in [5.41, 5.74) is -4.62. The molecule has 1 aliphatic carbocycles. The van der Waals surface area contributed by atoms with Crippen LogP contribution in [-0.4, -0.2) is 70.8 Å². The van der Waals surface area contributed by atoms with Gasteiger partial charge in [-0.25, -0.2) is 4.79 Å². The molecule has 0 saturated carbocycles. The molecule has 2 aromatic rings. The number of phenolic OH excluding ortho intramolecular Hbond substituents is 4. The van der Waals surface area contributed by atoms with Crippen LogP contribution in [-0.2, 0) is 23.9 Å². The second kappa shape index (κ2) is 13.1. The Kier molecular flexibility index (Phi) is 9.60. The summed E-state index contributed by atoms with van der Waals surface area (Å²) in [5.74, 6) is -7.68. The van der Waals surface area contributed by atoms with Crippen LogP contribution in [0.25, 0.3) is 17.2 Å². The van der Waals surface area contributed by atoms with Crippen LogP contribution in [0, 0.1) is 5.92 Å². The Bertz CT molecular complexity index is 1860. The van der Waals surface area contributed by atoms with Gasteiger partial charge in [0.05, 0.1) is 0 Å². The molecule has 12 heteroatoms. The summed E-state index contributed by atoms with van der Waals surface area (Å²) in [6, 6.07) is 5.22. The minimum Gasteiger partial charge on any atom is -0.504 e. The van der Waals surface area contributed by atoms with E-state index in [0.29, 0.717) is 0 Å². The Hall–Kier alpha value is -5.46. The van der Waals surface area contributed by atoms with Crippen molar-refractivity contribution in [2.24, 2.45) is 5.92 Å². The summed E-state index contributed by atoms with van der Waals surface area (Å²) >= 11 is 0. The van der Waals surface area contributed by atoms with Gasteiger partial charge in [-0.05, 0) is 67.3 Å². The first kappa shape index (κ1) is 34.4. The molecule has 0 fully saturated rings. The fraction of sp³-hybridized carbons (Fsp3) is 0.257. The molecule has 0 amide bonds. The average Bonchev–Trinajstić information content (AvgIpc) is 3.39. The molecule has 1 aliphatic heterocycles. The second-order valence-electron chi connectivity index (χ2n) is 11.5. The molecular weight excluding hydrogens is 612 g/mol. The van der Waals surface area contributed by atoms with Gasteiger partial charge in [-0.2, -0.15) is 0 Å². The molecule has 7 N–H and O–H groups in total. The van der Waals surface area contributed by atoms with Crippen LogP contribution >= 0.6 is 0 Å². The summed E-state index contributed by atoms with van der Waals surface area (Å²) in [5, 5.41) is 73.9. The van der Waals surface area contributed by atoms with Gasteiger partial charge in [0.2, 0.25) is 0 Å². The number of hydrogen-bond acceptors (Lipinski definition) is 12. The Morgan fingerprint density at radius 1 is 0.936 bits per heavy atom. The van der Waals surface area contributed by atoms with E-state index in [-0.39, 0.29) is 11.5 Å². The topological polar surface area (TPSA) is 219 Å². The summed E-state index contributed by atoms with van der Waals surface area (Å²) in [4.78, 5) is 52.5. The number of allylic oxidation sites excluding steroid dienone is 4. The van der Waals surface area contributed by atoms with E-state index in [1.807, 2.05) is 19.9 Å². The average molecular weight is 647 g/mol. The predicted molar refractivity (Wildman–Crippen MR) is 169 cm³/mol. The van der Waals surface area contributed by atoms with Gasteiger partial charge >= 0.3 is 5.97 Å². The molecule has 0 spiro atoms. The van der Waals surface area contributed by atoms with E-state index in [1.165, 1.54) is 18.2 Å². The number of hydrogen-bond donors (Lipinski definition) is 7. The fourth-order valence-corrected chi connectivity index (χ4v) is 5.36. The lowest BCUT2D eigenvalue weighted by atomic mass is 9.81. The standard InChI is InChI=1S/C35H34O12/c1-5-16(2)10-17(3)6-8-20(37)13-23-30(35(46,18(4)36)33(44)31(23)42)22-15-27(41)26(40)14-21(22)29-32(43)28(47-34(29)45)12-19-7-9-24(38)25(39)11-19/h6-12,14-16,33,38-41,43-44,46H,5,13H2,1-4H3/b8-6-,17-10+,28-12-. The lowest BCUT2D eigenvalue weighted by molar-refractivity contribution is -0.145. The van der Waals surface area contributed by atoms with E-state index in [1.54, 1.807) is 6.92 Å². The highest BCUT2D eigenvalue weighted by Crippen LogP contribution is 2.48. The van der Waals surface area contributed by atoms with Gasteiger partial charge in [-0.3, -0.25) is 14.4 Å². The van der Waals surface area contributed by atoms with Crippen molar-refractivity contribution in [3.05, 3.63) is 87.9 Å². The molecule has 246 valence electrons. The van der Waals surface area contributed by atoms with Crippen molar-refractivity contribution in [1.82, 2.24) is 0 Å². The Morgan fingerprint density at radius 2 is 1.55 bits per heavy atom. The van der Waals surface area contributed by atoms with E-state index in [4.69, 9.17) is 4.74 Å². The van der Waals surface area contributed by atoms with Crippen molar-refractivity contribution >= 4 is 40.5 Å². The summed E-state index contributed by atoms with van der Waals surface area (Å²) in [7, 11) is 0. The monoisotopic (exact) mass is 646 g/mol. The van der Waals surface area contributed by atoms with E-state index in [0.717, 1.165) is 49.3 Å². The minimum absolute atomic E-state index is 0.186. The number of Topliss-reactive ketones (excluding diaryl/α,β-unsaturated/α-hetero) is 2. The lowest BCUT2D eigenvalue weighted by Crippen LogP contribution is -2.48. The number of ether oxygens (including phenoxy) is 1. The van der Waals surface area contributed by atoms with Crippen LogP contribution in [0.3, 0.4) is 0 Å². The highest BCUT2D eigenvalue weighted by atomic mass is 16.6. The SMILES string of the molecule is CCC(C)/C=C(C)/C=C\C(=O)CC1=C(c2cc(O)c(O)cc2C2=C(O)/C(=C/c3ccc(O)c(O)c3)OC2=O)C(O)(C(C)=O)C(O)C1=O. The van der Waals surface area contributed by atoms with Crippen LogP contribution in [0.4, 0.5) is 0 Å². The number of aliphatic hydroxyl groups is 3. The number of aliphatic hydroxyl groups excluding tert-OH is 2. The third-order valence-corrected chi connectivity index (χ3v) is 8.06. The van der Waals surface area contributed by atoms with E-state index < -0.39 is 104 Å². The van der Waals surface area contributed by atoms with Gasteiger partial charge in [-0.1, -0.05) is 44.1 Å². The van der Waals surface area contributed by atoms with E-state index >= 15 is 0 Å². The molecule has 0 aromatic heterocycles. The number of ketones is 3. The number of carbonyl (C=O) groups excluding carboxylic acids is 4. The van der Waals surface area contributed by atoms with Crippen LogP contribution < -0.4 is 0 Å². The molecule has 47 heavy (non-hydrogen) atoms. The van der Waals surface area contributed by atoms with Gasteiger partial charge in [-0.15, -0.1) is 0 Å². The molecule has 12 nitrogen and oxygen atoms in total. The molecule has 0 saturated heterocycles. The molecule has 2 aliphatic rings. The van der Waals surface area contributed by atoms with Crippen molar-refractivity contribution in [2.45, 2.75) is 52.2 Å². The molecule has 1 heterocycles. The summed E-state index contributed by atoms with van der Waals surface area (Å²) in [6.07, 6.45) is 3.59. The molecule has 3 unspecified atom stereocenters. The van der Waals surface area contributed by atoms with Crippen molar-refractivity contribution in [1.29, 1.82) is 0 Å². The number of rotatable bonds is 10. The molecular formula is C35H34O12. The number of phenols is 4. The first-order chi connectivity index (χ1) is 22.0. The van der Waals surface area contributed by atoms with Gasteiger partial charge in [0.15, 0.2) is 63.6 Å².